The van der Waals surface area contributed by atoms with Gasteiger partial charge in [-0.05, 0) is 43.3 Å². The highest BCUT2D eigenvalue weighted by atomic mass is 19.1. The van der Waals surface area contributed by atoms with E-state index < -0.39 is 5.60 Å². The SMILES string of the molecule is CC(O)(CNC(=O)c1cc2cc(F)ccc2[nH]1)c1ccco1. The molecule has 0 saturated heterocycles. The van der Waals surface area contributed by atoms with Crippen LogP contribution in [-0.2, 0) is 5.60 Å². The molecule has 22 heavy (non-hydrogen) atoms. The van der Waals surface area contributed by atoms with E-state index in [4.69, 9.17) is 4.42 Å². The van der Waals surface area contributed by atoms with Crippen LogP contribution in [-0.4, -0.2) is 22.5 Å². The number of nitrogens with one attached hydrogen (secondary N) is 2. The van der Waals surface area contributed by atoms with Crippen LogP contribution in [0.2, 0.25) is 0 Å². The van der Waals surface area contributed by atoms with Gasteiger partial charge in [-0.1, -0.05) is 0 Å². The van der Waals surface area contributed by atoms with Crippen LogP contribution in [0.3, 0.4) is 0 Å². The minimum Gasteiger partial charge on any atom is -0.466 e. The smallest absolute Gasteiger partial charge is 0.267 e. The minimum atomic E-state index is -1.31. The molecule has 0 bridgehead atoms. The molecule has 0 spiro atoms. The number of amides is 1. The van der Waals surface area contributed by atoms with E-state index in [0.717, 1.165) is 0 Å². The summed E-state index contributed by atoms with van der Waals surface area (Å²) in [6.45, 7) is 1.54. The average molecular weight is 302 g/mol. The molecular formula is C16H15FN2O3. The van der Waals surface area contributed by atoms with E-state index in [-0.39, 0.29) is 18.3 Å². The fourth-order valence-electron chi connectivity index (χ4n) is 2.25. The second-order valence-corrected chi connectivity index (χ2v) is 5.35. The Labute approximate surface area is 125 Å². The summed E-state index contributed by atoms with van der Waals surface area (Å²) in [7, 11) is 0. The second-order valence-electron chi connectivity index (χ2n) is 5.35. The Morgan fingerprint density at radius 2 is 2.23 bits per heavy atom. The molecule has 5 nitrogen and oxygen atoms in total. The number of hydrogen-bond donors (Lipinski definition) is 3. The van der Waals surface area contributed by atoms with Crippen molar-refractivity contribution in [2.45, 2.75) is 12.5 Å². The third-order valence-electron chi connectivity index (χ3n) is 3.47. The zero-order chi connectivity index (χ0) is 15.7. The number of H-pyrrole nitrogens is 1. The molecule has 1 unspecified atom stereocenters. The first kappa shape index (κ1) is 14.3. The molecule has 3 rings (SSSR count). The molecule has 114 valence electrons. The lowest BCUT2D eigenvalue weighted by molar-refractivity contribution is 0.0329. The molecular weight excluding hydrogens is 287 g/mol. The zero-order valence-electron chi connectivity index (χ0n) is 11.9. The third-order valence-corrected chi connectivity index (χ3v) is 3.47. The number of fused-ring (bicyclic) bond motifs is 1. The van der Waals surface area contributed by atoms with Crippen molar-refractivity contribution in [2.24, 2.45) is 0 Å². The monoisotopic (exact) mass is 302 g/mol. The molecule has 0 aliphatic carbocycles. The fourth-order valence-corrected chi connectivity index (χ4v) is 2.25. The molecule has 1 amide bonds. The molecule has 2 heterocycles. The van der Waals surface area contributed by atoms with Gasteiger partial charge >= 0.3 is 0 Å². The standard InChI is InChI=1S/C16H15FN2O3/c1-16(21,14-3-2-6-22-14)9-18-15(20)13-8-10-7-11(17)4-5-12(10)19-13/h2-8,19,21H,9H2,1H3,(H,18,20). The van der Waals surface area contributed by atoms with Crippen LogP contribution in [0.25, 0.3) is 10.9 Å². The summed E-state index contributed by atoms with van der Waals surface area (Å²) in [6, 6.07) is 9.11. The molecule has 3 aromatic rings. The quantitative estimate of drug-likeness (QED) is 0.693. The highest BCUT2D eigenvalue weighted by Crippen LogP contribution is 2.20. The second kappa shape index (κ2) is 5.31. The molecule has 0 aliphatic rings. The molecule has 1 aromatic carbocycles. The Balaban J connectivity index is 1.73. The summed E-state index contributed by atoms with van der Waals surface area (Å²) in [5, 5.41) is 13.5. The number of carbonyl (C=O) groups is 1. The van der Waals surface area contributed by atoms with Gasteiger partial charge in [0.05, 0.1) is 12.8 Å². The van der Waals surface area contributed by atoms with Gasteiger partial charge in [0.2, 0.25) is 0 Å². The van der Waals surface area contributed by atoms with Crippen molar-refractivity contribution in [3.63, 3.8) is 0 Å². The van der Waals surface area contributed by atoms with Crippen LogP contribution < -0.4 is 5.32 Å². The largest absolute Gasteiger partial charge is 0.466 e. The molecule has 0 fully saturated rings. The third kappa shape index (κ3) is 2.73. The van der Waals surface area contributed by atoms with Crippen molar-refractivity contribution < 1.29 is 18.7 Å². The first-order chi connectivity index (χ1) is 10.5. The van der Waals surface area contributed by atoms with E-state index >= 15 is 0 Å². The van der Waals surface area contributed by atoms with Gasteiger partial charge in [0.25, 0.3) is 5.91 Å². The summed E-state index contributed by atoms with van der Waals surface area (Å²) >= 11 is 0. The van der Waals surface area contributed by atoms with Gasteiger partial charge in [0.1, 0.15) is 22.9 Å². The van der Waals surface area contributed by atoms with Gasteiger partial charge in [0, 0.05) is 10.9 Å². The zero-order valence-corrected chi connectivity index (χ0v) is 11.9. The van der Waals surface area contributed by atoms with Gasteiger partial charge in [-0.15, -0.1) is 0 Å². The van der Waals surface area contributed by atoms with E-state index in [2.05, 4.69) is 10.3 Å². The summed E-state index contributed by atoms with van der Waals surface area (Å²) in [6.07, 6.45) is 1.46. The number of furan rings is 1. The molecule has 6 heteroatoms. The van der Waals surface area contributed by atoms with Crippen molar-refractivity contribution in [1.29, 1.82) is 0 Å². The van der Waals surface area contributed by atoms with Crippen molar-refractivity contribution in [3.05, 3.63) is 59.9 Å². The number of aromatic nitrogens is 1. The number of benzene rings is 1. The molecule has 3 N–H and O–H groups in total. The Hall–Kier alpha value is -2.60. The van der Waals surface area contributed by atoms with Crippen LogP contribution in [0.1, 0.15) is 23.2 Å². The van der Waals surface area contributed by atoms with Gasteiger partial charge in [-0.2, -0.15) is 0 Å². The lowest BCUT2D eigenvalue weighted by atomic mass is 10.0. The lowest BCUT2D eigenvalue weighted by Gasteiger charge is -2.20. The Bertz CT molecular complexity index is 806. The van der Waals surface area contributed by atoms with E-state index in [1.54, 1.807) is 31.2 Å². The Kier molecular flexibility index (Phi) is 3.46. The predicted octanol–water partition coefficient (Wildman–Crippen LogP) is 2.54. The van der Waals surface area contributed by atoms with Crippen LogP contribution in [0.5, 0.6) is 0 Å². The maximum atomic E-state index is 13.2. The van der Waals surface area contributed by atoms with E-state index in [1.807, 2.05) is 0 Å². The first-order valence-electron chi connectivity index (χ1n) is 6.78. The van der Waals surface area contributed by atoms with Gasteiger partial charge in [-0.25, -0.2) is 4.39 Å². The number of rotatable bonds is 4. The van der Waals surface area contributed by atoms with Crippen LogP contribution in [0.15, 0.2) is 47.1 Å². The maximum Gasteiger partial charge on any atom is 0.267 e. The van der Waals surface area contributed by atoms with Gasteiger partial charge < -0.3 is 19.8 Å². The van der Waals surface area contributed by atoms with E-state index in [1.165, 1.54) is 18.4 Å². The van der Waals surface area contributed by atoms with Crippen molar-refractivity contribution in [3.8, 4) is 0 Å². The molecule has 2 aromatic heterocycles. The highest BCUT2D eigenvalue weighted by Gasteiger charge is 2.27. The normalized spacial score (nSPS) is 14.0. The number of halogens is 1. The molecule has 0 saturated carbocycles. The number of aromatic amines is 1. The Morgan fingerprint density at radius 1 is 1.41 bits per heavy atom. The van der Waals surface area contributed by atoms with Crippen molar-refractivity contribution >= 4 is 16.8 Å². The summed E-state index contributed by atoms with van der Waals surface area (Å²) in [5.41, 5.74) is -0.336. The molecule has 1 atom stereocenters. The fraction of sp³-hybridized carbons (Fsp3) is 0.188. The van der Waals surface area contributed by atoms with Crippen molar-refractivity contribution in [1.82, 2.24) is 10.3 Å². The number of aliphatic hydroxyl groups is 1. The number of carbonyl (C=O) groups excluding carboxylic acids is 1. The average Bonchev–Trinajstić information content (AvgIpc) is 3.13. The highest BCUT2D eigenvalue weighted by molar-refractivity contribution is 5.98. The minimum absolute atomic E-state index is 0.0108. The molecule has 0 radical (unpaired) electrons. The first-order valence-corrected chi connectivity index (χ1v) is 6.78. The van der Waals surface area contributed by atoms with Gasteiger partial charge in [0.15, 0.2) is 0 Å². The van der Waals surface area contributed by atoms with Crippen LogP contribution >= 0.6 is 0 Å². The van der Waals surface area contributed by atoms with Crippen molar-refractivity contribution in [2.75, 3.05) is 6.54 Å². The number of hydrogen-bond acceptors (Lipinski definition) is 3. The van der Waals surface area contributed by atoms with Gasteiger partial charge in [-0.3, -0.25) is 4.79 Å². The Morgan fingerprint density at radius 3 is 2.95 bits per heavy atom. The predicted molar refractivity (Wildman–Crippen MR) is 78.9 cm³/mol. The topological polar surface area (TPSA) is 78.3 Å². The summed E-state index contributed by atoms with van der Waals surface area (Å²) in [4.78, 5) is 15.0. The van der Waals surface area contributed by atoms with Crippen LogP contribution in [0.4, 0.5) is 4.39 Å². The maximum absolute atomic E-state index is 13.2. The van der Waals surface area contributed by atoms with E-state index in [0.29, 0.717) is 22.4 Å². The molecule has 0 aliphatic heterocycles. The van der Waals surface area contributed by atoms with Crippen LogP contribution in [0, 0.1) is 5.82 Å². The summed E-state index contributed by atoms with van der Waals surface area (Å²) in [5.74, 6) is -0.380. The summed E-state index contributed by atoms with van der Waals surface area (Å²) < 4.78 is 18.3. The lowest BCUT2D eigenvalue weighted by Crippen LogP contribution is -2.38. The van der Waals surface area contributed by atoms with E-state index in [9.17, 15) is 14.3 Å².